The van der Waals surface area contributed by atoms with Crippen LogP contribution in [-0.2, 0) is 16.1 Å². The summed E-state index contributed by atoms with van der Waals surface area (Å²) in [7, 11) is 0. The molecule has 1 heterocycles. The van der Waals surface area contributed by atoms with Gasteiger partial charge >= 0.3 is 11.9 Å². The summed E-state index contributed by atoms with van der Waals surface area (Å²) in [6.07, 6.45) is 2.42. The summed E-state index contributed by atoms with van der Waals surface area (Å²) in [6, 6.07) is 6.80. The minimum atomic E-state index is -0.757. The molecule has 0 saturated carbocycles. The van der Waals surface area contributed by atoms with Gasteiger partial charge in [-0.2, -0.15) is 0 Å². The molecule has 0 bridgehead atoms. The van der Waals surface area contributed by atoms with Gasteiger partial charge in [0.1, 0.15) is 6.04 Å². The number of nitrogens with zero attached hydrogens (tertiary/aromatic N) is 1. The number of rotatable bonds is 6. The van der Waals surface area contributed by atoms with Crippen LogP contribution in [0.2, 0.25) is 0 Å². The molecule has 21 heavy (non-hydrogen) atoms. The van der Waals surface area contributed by atoms with Gasteiger partial charge in [-0.15, -0.1) is 0 Å². The quantitative estimate of drug-likeness (QED) is 0.815. The van der Waals surface area contributed by atoms with Crippen LogP contribution in [0.4, 0.5) is 0 Å². The van der Waals surface area contributed by atoms with E-state index < -0.39 is 5.97 Å². The zero-order chi connectivity index (χ0) is 15.2. The molecule has 0 radical (unpaired) electrons. The predicted octanol–water partition coefficient (Wildman–Crippen LogP) is 2.30. The fraction of sp³-hybridized carbons (Fsp3) is 0.500. The van der Waals surface area contributed by atoms with Crippen LogP contribution in [0.25, 0.3) is 0 Å². The van der Waals surface area contributed by atoms with E-state index in [-0.39, 0.29) is 12.0 Å². The lowest BCUT2D eigenvalue weighted by molar-refractivity contribution is -0.142. The molecule has 0 spiro atoms. The third kappa shape index (κ3) is 4.04. The number of hydrogen-bond acceptors (Lipinski definition) is 4. The minimum absolute atomic E-state index is 0.312. The van der Waals surface area contributed by atoms with E-state index in [1.165, 1.54) is 0 Å². The monoisotopic (exact) mass is 291 g/mol. The lowest BCUT2D eigenvalue weighted by Gasteiger charge is -2.21. The number of ether oxygens (including phenoxy) is 1. The van der Waals surface area contributed by atoms with Crippen molar-refractivity contribution in [1.82, 2.24) is 4.90 Å². The first-order valence-electron chi connectivity index (χ1n) is 7.34. The lowest BCUT2D eigenvalue weighted by atomic mass is 10.1. The minimum Gasteiger partial charge on any atom is -0.480 e. The van der Waals surface area contributed by atoms with Crippen LogP contribution >= 0.6 is 0 Å². The van der Waals surface area contributed by atoms with E-state index in [4.69, 9.17) is 9.84 Å². The highest BCUT2D eigenvalue weighted by Gasteiger charge is 2.30. The van der Waals surface area contributed by atoms with Crippen LogP contribution in [0.1, 0.15) is 42.1 Å². The van der Waals surface area contributed by atoms with E-state index in [0.717, 1.165) is 24.9 Å². The first kappa shape index (κ1) is 15.5. The van der Waals surface area contributed by atoms with E-state index in [2.05, 4.69) is 0 Å². The molecule has 0 aliphatic carbocycles. The number of carbonyl (C=O) groups is 2. The van der Waals surface area contributed by atoms with E-state index in [9.17, 15) is 9.59 Å². The summed E-state index contributed by atoms with van der Waals surface area (Å²) in [5.41, 5.74) is 1.54. The number of hydrogen-bond donors (Lipinski definition) is 1. The lowest BCUT2D eigenvalue weighted by Crippen LogP contribution is -2.35. The van der Waals surface area contributed by atoms with Crippen molar-refractivity contribution in [3.63, 3.8) is 0 Å². The van der Waals surface area contributed by atoms with Crippen molar-refractivity contribution in [1.29, 1.82) is 0 Å². The summed E-state index contributed by atoms with van der Waals surface area (Å²) in [5.74, 6) is -1.07. The molecule has 114 valence electrons. The Morgan fingerprint density at radius 1 is 1.33 bits per heavy atom. The Balaban J connectivity index is 1.96. The van der Waals surface area contributed by atoms with Gasteiger partial charge in [-0.3, -0.25) is 9.69 Å². The van der Waals surface area contributed by atoms with Gasteiger partial charge in [0.25, 0.3) is 0 Å². The smallest absolute Gasteiger partial charge is 0.338 e. The maximum atomic E-state index is 11.7. The predicted molar refractivity (Wildman–Crippen MR) is 78.1 cm³/mol. The van der Waals surface area contributed by atoms with Gasteiger partial charge in [0.05, 0.1) is 12.2 Å². The summed E-state index contributed by atoms with van der Waals surface area (Å²) in [6.45, 7) is 3.78. The van der Waals surface area contributed by atoms with E-state index in [1.54, 1.807) is 12.1 Å². The largest absolute Gasteiger partial charge is 0.480 e. The Labute approximate surface area is 124 Å². The Kier molecular flexibility index (Phi) is 5.33. The molecule has 1 atom stereocenters. The highest BCUT2D eigenvalue weighted by atomic mass is 16.5. The average molecular weight is 291 g/mol. The Morgan fingerprint density at radius 2 is 2.05 bits per heavy atom. The second kappa shape index (κ2) is 7.22. The maximum Gasteiger partial charge on any atom is 0.338 e. The second-order valence-electron chi connectivity index (χ2n) is 5.30. The van der Waals surface area contributed by atoms with Crippen molar-refractivity contribution in [2.75, 3.05) is 13.2 Å². The Bertz CT molecular complexity index is 498. The molecule has 1 aliphatic rings. The SMILES string of the molecule is CCCOC(=O)c1ccc(CN2CCCC2C(=O)O)cc1. The summed E-state index contributed by atoms with van der Waals surface area (Å²) in [4.78, 5) is 24.8. The molecule has 5 nitrogen and oxygen atoms in total. The summed E-state index contributed by atoms with van der Waals surface area (Å²) < 4.78 is 5.07. The van der Waals surface area contributed by atoms with Gasteiger partial charge in [-0.25, -0.2) is 4.79 Å². The fourth-order valence-corrected chi connectivity index (χ4v) is 2.55. The summed E-state index contributed by atoms with van der Waals surface area (Å²) >= 11 is 0. The van der Waals surface area contributed by atoms with Crippen molar-refractivity contribution >= 4 is 11.9 Å². The first-order chi connectivity index (χ1) is 10.1. The molecule has 2 rings (SSSR count). The van der Waals surface area contributed by atoms with Gasteiger partial charge in [0.15, 0.2) is 0 Å². The van der Waals surface area contributed by atoms with Crippen LogP contribution in [0.3, 0.4) is 0 Å². The zero-order valence-electron chi connectivity index (χ0n) is 12.2. The normalized spacial score (nSPS) is 18.6. The van der Waals surface area contributed by atoms with Crippen molar-refractivity contribution in [3.8, 4) is 0 Å². The van der Waals surface area contributed by atoms with Crippen LogP contribution in [0, 0.1) is 0 Å². The molecule has 1 aromatic carbocycles. The number of carbonyl (C=O) groups excluding carboxylic acids is 1. The van der Waals surface area contributed by atoms with Crippen LogP contribution in [0.5, 0.6) is 0 Å². The van der Waals surface area contributed by atoms with Crippen molar-refractivity contribution in [2.24, 2.45) is 0 Å². The van der Waals surface area contributed by atoms with Gasteiger partial charge in [-0.1, -0.05) is 19.1 Å². The van der Waals surface area contributed by atoms with Gasteiger partial charge in [0, 0.05) is 6.54 Å². The summed E-state index contributed by atoms with van der Waals surface area (Å²) in [5, 5.41) is 9.16. The van der Waals surface area contributed by atoms with Gasteiger partial charge < -0.3 is 9.84 Å². The molecular formula is C16H21NO4. The van der Waals surface area contributed by atoms with Gasteiger partial charge in [0.2, 0.25) is 0 Å². The van der Waals surface area contributed by atoms with Crippen LogP contribution in [-0.4, -0.2) is 41.1 Å². The van der Waals surface area contributed by atoms with Crippen LogP contribution in [0.15, 0.2) is 24.3 Å². The molecule has 1 aromatic rings. The second-order valence-corrected chi connectivity index (χ2v) is 5.30. The van der Waals surface area contributed by atoms with E-state index >= 15 is 0 Å². The van der Waals surface area contributed by atoms with Gasteiger partial charge in [-0.05, 0) is 43.5 Å². The molecule has 1 saturated heterocycles. The number of esters is 1. The average Bonchev–Trinajstić information content (AvgIpc) is 2.94. The van der Waals surface area contributed by atoms with E-state index in [1.807, 2.05) is 24.0 Å². The number of carboxylic acids is 1. The third-order valence-electron chi connectivity index (χ3n) is 3.66. The van der Waals surface area contributed by atoms with E-state index in [0.29, 0.717) is 25.1 Å². The topological polar surface area (TPSA) is 66.8 Å². The molecule has 1 unspecified atom stereocenters. The molecule has 0 amide bonds. The molecule has 5 heteroatoms. The highest BCUT2D eigenvalue weighted by Crippen LogP contribution is 2.20. The highest BCUT2D eigenvalue weighted by molar-refractivity contribution is 5.89. The molecular weight excluding hydrogens is 270 g/mol. The molecule has 1 fully saturated rings. The number of carboxylic acid groups (broad SMARTS) is 1. The molecule has 1 N–H and O–H groups in total. The molecule has 1 aliphatic heterocycles. The fourth-order valence-electron chi connectivity index (χ4n) is 2.55. The maximum absolute atomic E-state index is 11.7. The number of benzene rings is 1. The van der Waals surface area contributed by atoms with Crippen molar-refractivity contribution in [2.45, 2.75) is 38.8 Å². The number of likely N-dealkylation sites (tertiary alicyclic amines) is 1. The zero-order valence-corrected chi connectivity index (χ0v) is 12.2. The van der Waals surface area contributed by atoms with Crippen LogP contribution < -0.4 is 0 Å². The third-order valence-corrected chi connectivity index (χ3v) is 3.66. The van der Waals surface area contributed by atoms with Crippen molar-refractivity contribution < 1.29 is 19.4 Å². The first-order valence-corrected chi connectivity index (χ1v) is 7.34. The Morgan fingerprint density at radius 3 is 2.67 bits per heavy atom. The molecule has 0 aromatic heterocycles. The number of aliphatic carboxylic acids is 1. The Hall–Kier alpha value is -1.88. The van der Waals surface area contributed by atoms with Crippen molar-refractivity contribution in [3.05, 3.63) is 35.4 Å². The standard InChI is InChI=1S/C16H21NO4/c1-2-10-21-16(20)13-7-5-12(6-8-13)11-17-9-3-4-14(17)15(18)19/h5-8,14H,2-4,9-11H2,1H3,(H,18,19).